The number of aromatic nitrogens is 1. The summed E-state index contributed by atoms with van der Waals surface area (Å²) in [6.45, 7) is 4.50. The van der Waals surface area contributed by atoms with E-state index >= 15 is 0 Å². The van der Waals surface area contributed by atoms with Crippen molar-refractivity contribution in [3.63, 3.8) is 0 Å². The highest BCUT2D eigenvalue weighted by atomic mass is 32.1. The van der Waals surface area contributed by atoms with E-state index in [9.17, 15) is 0 Å². The Morgan fingerprint density at radius 2 is 2.17 bits per heavy atom. The molecular formula is C13H20N4S. The molecular weight excluding hydrogens is 244 g/mol. The Balaban J connectivity index is 1.78. The first kappa shape index (κ1) is 13.2. The van der Waals surface area contributed by atoms with E-state index in [0.29, 0.717) is 10.7 Å². The SMILES string of the molecule is NC(=S)c1cc(NCCN2CCCCC2)ccn1. The zero-order valence-corrected chi connectivity index (χ0v) is 11.4. The van der Waals surface area contributed by atoms with Crippen LogP contribution in [0.3, 0.4) is 0 Å². The van der Waals surface area contributed by atoms with Crippen LogP contribution in [-0.4, -0.2) is 41.1 Å². The van der Waals surface area contributed by atoms with Crippen LogP contribution in [0.1, 0.15) is 25.0 Å². The number of likely N-dealkylation sites (tertiary alicyclic amines) is 1. The molecule has 0 amide bonds. The average molecular weight is 264 g/mol. The number of hydrogen-bond donors (Lipinski definition) is 2. The molecule has 0 unspecified atom stereocenters. The van der Waals surface area contributed by atoms with Crippen LogP contribution in [-0.2, 0) is 0 Å². The van der Waals surface area contributed by atoms with Crippen molar-refractivity contribution >= 4 is 22.9 Å². The quantitative estimate of drug-likeness (QED) is 0.791. The first-order chi connectivity index (χ1) is 8.75. The maximum absolute atomic E-state index is 5.56. The highest BCUT2D eigenvalue weighted by molar-refractivity contribution is 7.80. The minimum atomic E-state index is 0.342. The first-order valence-electron chi connectivity index (χ1n) is 6.48. The van der Waals surface area contributed by atoms with E-state index in [1.165, 1.54) is 32.4 Å². The molecule has 1 fully saturated rings. The molecule has 1 saturated heterocycles. The molecule has 98 valence electrons. The largest absolute Gasteiger partial charge is 0.388 e. The maximum atomic E-state index is 5.56. The molecule has 3 N–H and O–H groups in total. The summed E-state index contributed by atoms with van der Waals surface area (Å²) in [5.41, 5.74) is 7.27. The summed E-state index contributed by atoms with van der Waals surface area (Å²) in [5, 5.41) is 3.39. The Kier molecular flexibility index (Phi) is 4.90. The third kappa shape index (κ3) is 3.92. The lowest BCUT2D eigenvalue weighted by Crippen LogP contribution is -2.33. The Hall–Kier alpha value is -1.20. The Labute approximate surface area is 114 Å². The number of rotatable bonds is 5. The molecule has 0 saturated carbocycles. The monoisotopic (exact) mass is 264 g/mol. The van der Waals surface area contributed by atoms with Crippen LogP contribution in [0, 0.1) is 0 Å². The van der Waals surface area contributed by atoms with Crippen LogP contribution >= 0.6 is 12.2 Å². The zero-order valence-electron chi connectivity index (χ0n) is 10.6. The predicted octanol–water partition coefficient (Wildman–Crippen LogP) is 1.61. The van der Waals surface area contributed by atoms with Gasteiger partial charge in [0.05, 0.1) is 5.69 Å². The van der Waals surface area contributed by atoms with E-state index in [4.69, 9.17) is 18.0 Å². The van der Waals surface area contributed by atoms with Crippen molar-refractivity contribution < 1.29 is 0 Å². The molecule has 1 aliphatic heterocycles. The van der Waals surface area contributed by atoms with Crippen molar-refractivity contribution in [2.24, 2.45) is 5.73 Å². The number of hydrogen-bond acceptors (Lipinski definition) is 4. The molecule has 18 heavy (non-hydrogen) atoms. The topological polar surface area (TPSA) is 54.2 Å². The van der Waals surface area contributed by atoms with Gasteiger partial charge in [-0.2, -0.15) is 0 Å². The number of nitrogens with two attached hydrogens (primary N) is 1. The van der Waals surface area contributed by atoms with Crippen LogP contribution in [0.5, 0.6) is 0 Å². The Morgan fingerprint density at radius 3 is 2.89 bits per heavy atom. The molecule has 0 aromatic carbocycles. The van der Waals surface area contributed by atoms with Crippen LogP contribution in [0.25, 0.3) is 0 Å². The third-order valence-corrected chi connectivity index (χ3v) is 3.43. The molecule has 4 nitrogen and oxygen atoms in total. The van der Waals surface area contributed by atoms with Crippen molar-refractivity contribution in [3.8, 4) is 0 Å². The van der Waals surface area contributed by atoms with E-state index < -0.39 is 0 Å². The molecule has 2 rings (SSSR count). The van der Waals surface area contributed by atoms with Gasteiger partial charge in [0, 0.05) is 25.0 Å². The van der Waals surface area contributed by atoms with E-state index in [0.717, 1.165) is 18.8 Å². The summed E-state index contributed by atoms with van der Waals surface area (Å²) >= 11 is 4.92. The van der Waals surface area contributed by atoms with Crippen LogP contribution in [0.15, 0.2) is 18.3 Å². The molecule has 0 spiro atoms. The summed E-state index contributed by atoms with van der Waals surface area (Å²) in [5.74, 6) is 0. The van der Waals surface area contributed by atoms with Crippen LogP contribution in [0.2, 0.25) is 0 Å². The number of thiocarbonyl (C=S) groups is 1. The fourth-order valence-corrected chi connectivity index (χ4v) is 2.33. The Bertz CT molecular complexity index is 402. The van der Waals surface area contributed by atoms with E-state index in [-0.39, 0.29) is 0 Å². The number of piperidine rings is 1. The molecule has 5 heteroatoms. The average Bonchev–Trinajstić information content (AvgIpc) is 2.40. The predicted molar refractivity (Wildman–Crippen MR) is 78.9 cm³/mol. The summed E-state index contributed by atoms with van der Waals surface area (Å²) < 4.78 is 0. The number of nitrogens with one attached hydrogen (secondary N) is 1. The number of pyridine rings is 1. The highest BCUT2D eigenvalue weighted by Gasteiger charge is 2.08. The zero-order chi connectivity index (χ0) is 12.8. The molecule has 2 heterocycles. The first-order valence-corrected chi connectivity index (χ1v) is 6.88. The van der Waals surface area contributed by atoms with Crippen molar-refractivity contribution in [1.29, 1.82) is 0 Å². The second kappa shape index (κ2) is 6.66. The van der Waals surface area contributed by atoms with Gasteiger partial charge < -0.3 is 16.0 Å². The van der Waals surface area contributed by atoms with Gasteiger partial charge in [-0.25, -0.2) is 0 Å². The van der Waals surface area contributed by atoms with Crippen LogP contribution < -0.4 is 11.1 Å². The molecule has 0 bridgehead atoms. The summed E-state index contributed by atoms with van der Waals surface area (Å²) in [6, 6.07) is 3.84. The maximum Gasteiger partial charge on any atom is 0.122 e. The van der Waals surface area contributed by atoms with Gasteiger partial charge in [-0.3, -0.25) is 4.98 Å². The van der Waals surface area contributed by atoms with Gasteiger partial charge in [0.2, 0.25) is 0 Å². The van der Waals surface area contributed by atoms with Crippen molar-refractivity contribution in [1.82, 2.24) is 9.88 Å². The fraction of sp³-hybridized carbons (Fsp3) is 0.538. The minimum absolute atomic E-state index is 0.342. The van der Waals surface area contributed by atoms with Crippen LogP contribution in [0.4, 0.5) is 5.69 Å². The van der Waals surface area contributed by atoms with Gasteiger partial charge in [-0.15, -0.1) is 0 Å². The van der Waals surface area contributed by atoms with Gasteiger partial charge in [-0.1, -0.05) is 18.6 Å². The van der Waals surface area contributed by atoms with Gasteiger partial charge in [0.25, 0.3) is 0 Å². The van der Waals surface area contributed by atoms with E-state index in [2.05, 4.69) is 15.2 Å². The lowest BCUT2D eigenvalue weighted by Gasteiger charge is -2.26. The molecule has 1 aromatic rings. The number of nitrogens with zero attached hydrogens (tertiary/aromatic N) is 2. The summed E-state index contributed by atoms with van der Waals surface area (Å²) in [6.07, 6.45) is 5.78. The lowest BCUT2D eigenvalue weighted by atomic mass is 10.1. The second-order valence-corrected chi connectivity index (χ2v) is 5.06. The van der Waals surface area contributed by atoms with Crippen molar-refractivity contribution in [2.45, 2.75) is 19.3 Å². The lowest BCUT2D eigenvalue weighted by molar-refractivity contribution is 0.237. The Morgan fingerprint density at radius 1 is 1.39 bits per heavy atom. The van der Waals surface area contributed by atoms with Gasteiger partial charge in [-0.05, 0) is 38.1 Å². The van der Waals surface area contributed by atoms with E-state index in [1.54, 1.807) is 6.20 Å². The van der Waals surface area contributed by atoms with Gasteiger partial charge in [0.15, 0.2) is 0 Å². The standard InChI is InChI=1S/C13H20N4S/c14-13(18)12-10-11(4-5-16-12)15-6-9-17-7-2-1-3-8-17/h4-5,10H,1-3,6-9H2,(H2,14,18)(H,15,16). The van der Waals surface area contributed by atoms with Gasteiger partial charge >= 0.3 is 0 Å². The smallest absolute Gasteiger partial charge is 0.122 e. The fourth-order valence-electron chi connectivity index (χ4n) is 2.22. The van der Waals surface area contributed by atoms with E-state index in [1.807, 2.05) is 12.1 Å². The minimum Gasteiger partial charge on any atom is -0.388 e. The molecule has 0 aliphatic carbocycles. The molecule has 1 aromatic heterocycles. The third-order valence-electron chi connectivity index (χ3n) is 3.22. The highest BCUT2D eigenvalue weighted by Crippen LogP contribution is 2.10. The molecule has 0 radical (unpaired) electrons. The van der Waals surface area contributed by atoms with Crippen molar-refractivity contribution in [3.05, 3.63) is 24.0 Å². The molecule has 1 aliphatic rings. The summed E-state index contributed by atoms with van der Waals surface area (Å²) in [4.78, 5) is 6.97. The van der Waals surface area contributed by atoms with Gasteiger partial charge in [0.1, 0.15) is 4.99 Å². The summed E-state index contributed by atoms with van der Waals surface area (Å²) in [7, 11) is 0. The second-order valence-electron chi connectivity index (χ2n) is 4.62. The normalized spacial score (nSPS) is 16.4. The van der Waals surface area contributed by atoms with Crippen molar-refractivity contribution in [2.75, 3.05) is 31.5 Å². The number of anilines is 1. The molecule has 0 atom stereocenters.